The number of hydrogen-bond donors (Lipinski definition) is 1. The fraction of sp³-hybridized carbons (Fsp3) is 0.333. The Labute approximate surface area is 152 Å². The second-order valence-electron chi connectivity index (χ2n) is 6.88. The van der Waals surface area contributed by atoms with Crippen LogP contribution in [0.15, 0.2) is 52.6 Å². The van der Waals surface area contributed by atoms with Gasteiger partial charge in [-0.15, -0.1) is 0 Å². The Kier molecular flexibility index (Phi) is 4.61. The highest BCUT2D eigenvalue weighted by molar-refractivity contribution is 6.14. The predicted octanol–water partition coefficient (Wildman–Crippen LogP) is 4.56. The van der Waals surface area contributed by atoms with Gasteiger partial charge in [-0.3, -0.25) is 9.69 Å². The smallest absolute Gasteiger partial charge is 0.329 e. The third kappa shape index (κ3) is 3.29. The third-order valence-electron chi connectivity index (χ3n) is 5.07. The van der Waals surface area contributed by atoms with E-state index in [1.165, 1.54) is 17.7 Å². The first kappa shape index (κ1) is 16.6. The van der Waals surface area contributed by atoms with E-state index in [9.17, 15) is 9.59 Å². The van der Waals surface area contributed by atoms with E-state index in [-0.39, 0.29) is 23.7 Å². The molecule has 1 aromatic carbocycles. The summed E-state index contributed by atoms with van der Waals surface area (Å²) in [5.74, 6) is 1.03. The Morgan fingerprint density at radius 1 is 0.962 bits per heavy atom. The SMILES string of the molecule is O=C1N/C(=C\c2ccc(-c3ccccc3)o2)C(=O)N1C1CCCCCC1. The zero-order valence-corrected chi connectivity index (χ0v) is 14.6. The number of carbonyl (C=O) groups excluding carboxylic acids is 2. The Balaban J connectivity index is 1.54. The van der Waals surface area contributed by atoms with Crippen LogP contribution in [0.25, 0.3) is 17.4 Å². The fourth-order valence-electron chi connectivity index (χ4n) is 3.73. The van der Waals surface area contributed by atoms with Gasteiger partial charge in [-0.2, -0.15) is 0 Å². The van der Waals surface area contributed by atoms with E-state index in [1.807, 2.05) is 42.5 Å². The molecule has 1 saturated carbocycles. The van der Waals surface area contributed by atoms with Crippen LogP contribution in [-0.2, 0) is 4.79 Å². The minimum atomic E-state index is -0.317. The molecule has 1 N–H and O–H groups in total. The lowest BCUT2D eigenvalue weighted by Gasteiger charge is -2.23. The van der Waals surface area contributed by atoms with Crippen LogP contribution in [0.1, 0.15) is 44.3 Å². The molecule has 0 spiro atoms. The van der Waals surface area contributed by atoms with Crippen LogP contribution in [0.3, 0.4) is 0 Å². The highest BCUT2D eigenvalue weighted by Gasteiger charge is 2.38. The van der Waals surface area contributed by atoms with Crippen LogP contribution in [0.2, 0.25) is 0 Å². The third-order valence-corrected chi connectivity index (χ3v) is 5.07. The number of furan rings is 1. The second-order valence-corrected chi connectivity index (χ2v) is 6.88. The molecule has 1 saturated heterocycles. The molecular formula is C21H22N2O3. The van der Waals surface area contributed by atoms with Crippen molar-refractivity contribution in [2.75, 3.05) is 0 Å². The number of urea groups is 1. The summed E-state index contributed by atoms with van der Waals surface area (Å²) >= 11 is 0. The standard InChI is InChI=1S/C21H22N2O3/c24-20-18(22-21(25)23(20)16-10-6-1-2-7-11-16)14-17-12-13-19(26-17)15-8-4-3-5-9-15/h3-5,8-9,12-14,16H,1-2,6-7,10-11H2,(H,22,25)/b18-14-. The minimum Gasteiger partial charge on any atom is -0.457 e. The van der Waals surface area contributed by atoms with E-state index >= 15 is 0 Å². The lowest BCUT2D eigenvalue weighted by Crippen LogP contribution is -2.40. The van der Waals surface area contributed by atoms with Crippen molar-refractivity contribution in [2.24, 2.45) is 0 Å². The molecule has 1 aliphatic heterocycles. The maximum Gasteiger partial charge on any atom is 0.329 e. The largest absolute Gasteiger partial charge is 0.457 e. The Morgan fingerprint density at radius 2 is 1.69 bits per heavy atom. The highest BCUT2D eigenvalue weighted by atomic mass is 16.3. The topological polar surface area (TPSA) is 62.6 Å². The summed E-state index contributed by atoms with van der Waals surface area (Å²) in [4.78, 5) is 26.5. The molecule has 2 heterocycles. The first-order valence-electron chi connectivity index (χ1n) is 9.24. The molecule has 0 atom stereocenters. The van der Waals surface area contributed by atoms with Gasteiger partial charge in [0.2, 0.25) is 0 Å². The van der Waals surface area contributed by atoms with E-state index in [4.69, 9.17) is 4.42 Å². The van der Waals surface area contributed by atoms with Crippen molar-refractivity contribution in [2.45, 2.75) is 44.6 Å². The molecule has 0 bridgehead atoms. The molecule has 134 valence electrons. The molecule has 1 aromatic heterocycles. The van der Waals surface area contributed by atoms with Gasteiger partial charge in [0.1, 0.15) is 17.2 Å². The number of carbonyl (C=O) groups is 2. The summed E-state index contributed by atoms with van der Waals surface area (Å²) in [6.07, 6.45) is 7.90. The van der Waals surface area contributed by atoms with Crippen molar-refractivity contribution in [1.82, 2.24) is 10.2 Å². The molecule has 2 aliphatic rings. The van der Waals surface area contributed by atoms with Gasteiger partial charge in [0.05, 0.1) is 0 Å². The van der Waals surface area contributed by atoms with Crippen molar-refractivity contribution in [3.8, 4) is 11.3 Å². The van der Waals surface area contributed by atoms with Gasteiger partial charge in [0, 0.05) is 17.7 Å². The average Bonchev–Trinajstić information content (AvgIpc) is 3.11. The number of nitrogens with zero attached hydrogens (tertiary/aromatic N) is 1. The predicted molar refractivity (Wildman–Crippen MR) is 99.0 cm³/mol. The molecule has 5 nitrogen and oxygen atoms in total. The van der Waals surface area contributed by atoms with Crippen molar-refractivity contribution in [3.05, 3.63) is 53.9 Å². The Morgan fingerprint density at radius 3 is 2.42 bits per heavy atom. The maximum absolute atomic E-state index is 12.7. The lowest BCUT2D eigenvalue weighted by molar-refractivity contribution is -0.124. The maximum atomic E-state index is 12.7. The molecule has 4 rings (SSSR count). The van der Waals surface area contributed by atoms with Crippen molar-refractivity contribution >= 4 is 18.0 Å². The normalized spacial score (nSPS) is 20.5. The average molecular weight is 350 g/mol. The molecular weight excluding hydrogens is 328 g/mol. The molecule has 5 heteroatoms. The van der Waals surface area contributed by atoms with E-state index in [0.717, 1.165) is 37.0 Å². The van der Waals surface area contributed by atoms with E-state index in [2.05, 4.69) is 5.32 Å². The summed E-state index contributed by atoms with van der Waals surface area (Å²) in [6, 6.07) is 13.1. The van der Waals surface area contributed by atoms with Crippen molar-refractivity contribution < 1.29 is 14.0 Å². The number of nitrogens with one attached hydrogen (secondary N) is 1. The highest BCUT2D eigenvalue weighted by Crippen LogP contribution is 2.27. The van der Waals surface area contributed by atoms with Gasteiger partial charge in [-0.05, 0) is 25.0 Å². The number of hydrogen-bond acceptors (Lipinski definition) is 3. The van der Waals surface area contributed by atoms with Crippen LogP contribution in [-0.4, -0.2) is 22.9 Å². The van der Waals surface area contributed by atoms with Crippen LogP contribution >= 0.6 is 0 Å². The van der Waals surface area contributed by atoms with Crippen LogP contribution in [0.4, 0.5) is 4.79 Å². The van der Waals surface area contributed by atoms with Gasteiger partial charge >= 0.3 is 6.03 Å². The van der Waals surface area contributed by atoms with Gasteiger partial charge in [0.15, 0.2) is 0 Å². The van der Waals surface area contributed by atoms with Gasteiger partial charge in [-0.1, -0.05) is 56.0 Å². The fourth-order valence-corrected chi connectivity index (χ4v) is 3.73. The van der Waals surface area contributed by atoms with Crippen molar-refractivity contribution in [3.63, 3.8) is 0 Å². The first-order chi connectivity index (χ1) is 12.7. The molecule has 0 unspecified atom stereocenters. The monoisotopic (exact) mass is 350 g/mol. The van der Waals surface area contributed by atoms with Crippen LogP contribution in [0.5, 0.6) is 0 Å². The van der Waals surface area contributed by atoms with Crippen LogP contribution in [0, 0.1) is 0 Å². The first-order valence-corrected chi connectivity index (χ1v) is 9.24. The Hall–Kier alpha value is -2.82. The Bertz CT molecular complexity index is 830. The summed E-state index contributed by atoms with van der Waals surface area (Å²) in [6.45, 7) is 0. The van der Waals surface area contributed by atoms with Gasteiger partial charge in [0.25, 0.3) is 5.91 Å². The summed E-state index contributed by atoms with van der Waals surface area (Å²) < 4.78 is 5.82. The number of imide groups is 1. The molecule has 1 aliphatic carbocycles. The number of amides is 3. The van der Waals surface area contributed by atoms with Crippen LogP contribution < -0.4 is 5.32 Å². The van der Waals surface area contributed by atoms with E-state index in [1.54, 1.807) is 6.08 Å². The van der Waals surface area contributed by atoms with E-state index in [0.29, 0.717) is 5.76 Å². The number of rotatable bonds is 3. The lowest BCUT2D eigenvalue weighted by atomic mass is 10.1. The minimum absolute atomic E-state index is 0.00683. The van der Waals surface area contributed by atoms with Gasteiger partial charge in [-0.25, -0.2) is 4.79 Å². The molecule has 2 fully saturated rings. The molecule has 3 amide bonds. The zero-order valence-electron chi connectivity index (χ0n) is 14.6. The summed E-state index contributed by atoms with van der Waals surface area (Å²) in [5.41, 5.74) is 1.26. The molecule has 0 radical (unpaired) electrons. The number of benzene rings is 1. The summed E-state index contributed by atoms with van der Waals surface area (Å²) in [7, 11) is 0. The van der Waals surface area contributed by atoms with Gasteiger partial charge < -0.3 is 9.73 Å². The second kappa shape index (κ2) is 7.20. The molecule has 26 heavy (non-hydrogen) atoms. The van der Waals surface area contributed by atoms with E-state index < -0.39 is 0 Å². The zero-order chi connectivity index (χ0) is 17.9. The quantitative estimate of drug-likeness (QED) is 0.501. The summed E-state index contributed by atoms with van der Waals surface area (Å²) in [5, 5.41) is 2.71. The molecule has 2 aromatic rings. The van der Waals surface area contributed by atoms with Crippen molar-refractivity contribution in [1.29, 1.82) is 0 Å².